The summed E-state index contributed by atoms with van der Waals surface area (Å²) in [5.74, 6) is -0.0156. The lowest BCUT2D eigenvalue weighted by atomic mass is 10.0. The maximum absolute atomic E-state index is 12.4. The Kier molecular flexibility index (Phi) is 58.0. The first-order valence-corrected chi connectivity index (χ1v) is 31.4. The van der Waals surface area contributed by atoms with Gasteiger partial charge in [0.25, 0.3) is 0 Å². The first-order valence-electron chi connectivity index (χ1n) is 31.4. The van der Waals surface area contributed by atoms with Crippen LogP contribution in [0.5, 0.6) is 0 Å². The van der Waals surface area contributed by atoms with E-state index in [2.05, 4.69) is 31.3 Å². The minimum Gasteiger partial charge on any atom is -0.466 e. The quantitative estimate of drug-likeness (QED) is 0.0321. The van der Waals surface area contributed by atoms with Gasteiger partial charge in [0.05, 0.1) is 25.4 Å². The van der Waals surface area contributed by atoms with Crippen LogP contribution in [0.2, 0.25) is 0 Å². The molecule has 0 spiro atoms. The molecule has 0 aliphatic rings. The van der Waals surface area contributed by atoms with Crippen LogP contribution in [0.15, 0.2) is 12.2 Å². The molecular weight excluding hydrogens is 851 g/mol. The molecule has 6 heteroatoms. The minimum atomic E-state index is -0.661. The van der Waals surface area contributed by atoms with Gasteiger partial charge in [-0.3, -0.25) is 9.59 Å². The van der Waals surface area contributed by atoms with E-state index < -0.39 is 12.1 Å². The lowest BCUT2D eigenvalue weighted by molar-refractivity contribution is -0.143. The topological polar surface area (TPSA) is 95.9 Å². The van der Waals surface area contributed by atoms with Crippen molar-refractivity contribution in [3.05, 3.63) is 12.2 Å². The van der Waals surface area contributed by atoms with E-state index in [1.807, 2.05) is 0 Å². The van der Waals surface area contributed by atoms with Crippen LogP contribution in [-0.4, -0.2) is 47.4 Å². The summed E-state index contributed by atoms with van der Waals surface area (Å²) >= 11 is 0. The highest BCUT2D eigenvalue weighted by Gasteiger charge is 2.20. The normalized spacial score (nSPS) is 12.6. The Labute approximate surface area is 431 Å². The number of carbonyl (C=O) groups is 2. The SMILES string of the molecule is CCCCCCCCCCCCCC(=O)OCCCCCCCCCCCCCC/C=C\CCCCCCCCCCCCCCCCC(=O)NC(CO)C(O)CCCCCCCCCCCCC. The highest BCUT2D eigenvalue weighted by atomic mass is 16.5. The predicted molar refractivity (Wildman–Crippen MR) is 301 cm³/mol. The fraction of sp³-hybridized carbons (Fsp3) is 0.937. The molecule has 2 atom stereocenters. The zero-order valence-corrected chi connectivity index (χ0v) is 46.8. The number of unbranched alkanes of at least 4 members (excludes halogenated alkanes) is 46. The molecule has 0 aliphatic heterocycles. The molecule has 0 rings (SSSR count). The summed E-state index contributed by atoms with van der Waals surface area (Å²) in [6, 6.07) is -0.538. The zero-order chi connectivity index (χ0) is 50.0. The van der Waals surface area contributed by atoms with Gasteiger partial charge < -0.3 is 20.3 Å². The molecule has 0 aromatic rings. The lowest BCUT2D eigenvalue weighted by Gasteiger charge is -2.22. The van der Waals surface area contributed by atoms with Crippen molar-refractivity contribution < 1.29 is 24.5 Å². The Morgan fingerprint density at radius 3 is 1.03 bits per heavy atom. The minimum absolute atomic E-state index is 0.0172. The Balaban J connectivity index is 3.34. The Hall–Kier alpha value is -1.40. The number of rotatable bonds is 59. The molecule has 0 heterocycles. The van der Waals surface area contributed by atoms with Crippen LogP contribution in [-0.2, 0) is 14.3 Å². The second-order valence-electron chi connectivity index (χ2n) is 21.7. The molecule has 410 valence electrons. The van der Waals surface area contributed by atoms with E-state index in [1.54, 1.807) is 0 Å². The fourth-order valence-corrected chi connectivity index (χ4v) is 9.99. The van der Waals surface area contributed by atoms with E-state index in [0.717, 1.165) is 38.5 Å². The van der Waals surface area contributed by atoms with Crippen molar-refractivity contribution in [2.75, 3.05) is 13.2 Å². The molecule has 0 fully saturated rings. The molecular formula is C63H123NO5. The van der Waals surface area contributed by atoms with Gasteiger partial charge in [0.15, 0.2) is 0 Å². The van der Waals surface area contributed by atoms with Crippen LogP contribution in [0, 0.1) is 0 Å². The summed E-state index contributed by atoms with van der Waals surface area (Å²) in [6.45, 7) is 4.96. The average Bonchev–Trinajstić information content (AvgIpc) is 3.35. The van der Waals surface area contributed by atoms with Gasteiger partial charge in [-0.15, -0.1) is 0 Å². The maximum Gasteiger partial charge on any atom is 0.305 e. The van der Waals surface area contributed by atoms with Crippen molar-refractivity contribution in [1.29, 1.82) is 0 Å². The van der Waals surface area contributed by atoms with Gasteiger partial charge >= 0.3 is 5.97 Å². The first kappa shape index (κ1) is 67.6. The Morgan fingerprint density at radius 1 is 0.391 bits per heavy atom. The van der Waals surface area contributed by atoms with Crippen molar-refractivity contribution in [3.63, 3.8) is 0 Å². The number of esters is 1. The van der Waals surface area contributed by atoms with Crippen LogP contribution in [0.25, 0.3) is 0 Å². The van der Waals surface area contributed by atoms with Crippen LogP contribution >= 0.6 is 0 Å². The summed E-state index contributed by atoms with van der Waals surface area (Å²) in [7, 11) is 0. The van der Waals surface area contributed by atoms with Gasteiger partial charge in [0.1, 0.15) is 0 Å². The second-order valence-corrected chi connectivity index (χ2v) is 21.7. The number of hydrogen-bond acceptors (Lipinski definition) is 5. The van der Waals surface area contributed by atoms with E-state index in [0.29, 0.717) is 25.9 Å². The molecule has 3 N–H and O–H groups in total. The van der Waals surface area contributed by atoms with Gasteiger partial charge in [-0.2, -0.15) is 0 Å². The Morgan fingerprint density at radius 2 is 0.681 bits per heavy atom. The standard InChI is InChI=1S/C63H123NO5/c1-3-5-7-9-11-13-35-39-43-47-51-55-61(66)60(59-65)64-62(67)56-52-48-44-40-37-33-31-29-27-25-23-21-19-17-15-16-18-20-22-24-26-28-30-32-34-38-42-46-50-54-58-69-63(68)57-53-49-45-41-36-14-12-10-8-6-4-2/h16,18,60-61,65-66H,3-15,17,19-59H2,1-2H3,(H,64,67)/b18-16-. The molecule has 0 aliphatic carbocycles. The third-order valence-corrected chi connectivity index (χ3v) is 14.8. The number of nitrogens with one attached hydrogen (secondary N) is 1. The number of aliphatic hydroxyl groups is 2. The highest BCUT2D eigenvalue weighted by molar-refractivity contribution is 5.76. The van der Waals surface area contributed by atoms with E-state index in [9.17, 15) is 19.8 Å². The Bertz CT molecular complexity index is 1030. The van der Waals surface area contributed by atoms with Crippen LogP contribution in [0.4, 0.5) is 0 Å². The summed E-state index contributed by atoms with van der Waals surface area (Å²) in [6.07, 6.45) is 71.0. The van der Waals surface area contributed by atoms with Crippen molar-refractivity contribution in [2.45, 2.75) is 366 Å². The molecule has 6 nitrogen and oxygen atoms in total. The number of allylic oxidation sites excluding steroid dienone is 2. The first-order chi connectivity index (χ1) is 34.0. The molecule has 0 bridgehead atoms. The van der Waals surface area contributed by atoms with E-state index >= 15 is 0 Å². The molecule has 0 aromatic carbocycles. The molecule has 0 radical (unpaired) electrons. The van der Waals surface area contributed by atoms with Gasteiger partial charge in [0.2, 0.25) is 5.91 Å². The number of ether oxygens (including phenoxy) is 1. The summed E-state index contributed by atoms with van der Waals surface area (Å²) in [4.78, 5) is 24.4. The monoisotopic (exact) mass is 974 g/mol. The highest BCUT2D eigenvalue weighted by Crippen LogP contribution is 2.18. The van der Waals surface area contributed by atoms with Crippen LogP contribution in [0.3, 0.4) is 0 Å². The molecule has 0 saturated heterocycles. The zero-order valence-electron chi connectivity index (χ0n) is 46.8. The van der Waals surface area contributed by atoms with Gasteiger partial charge in [-0.05, 0) is 51.4 Å². The van der Waals surface area contributed by atoms with Crippen molar-refractivity contribution in [3.8, 4) is 0 Å². The van der Waals surface area contributed by atoms with E-state index in [4.69, 9.17) is 4.74 Å². The predicted octanol–water partition coefficient (Wildman–Crippen LogP) is 19.6. The number of amides is 1. The van der Waals surface area contributed by atoms with Crippen molar-refractivity contribution in [1.82, 2.24) is 5.32 Å². The third kappa shape index (κ3) is 55.8. The van der Waals surface area contributed by atoms with Crippen LogP contribution < -0.4 is 5.32 Å². The molecule has 1 amide bonds. The van der Waals surface area contributed by atoms with E-state index in [-0.39, 0.29) is 18.5 Å². The smallest absolute Gasteiger partial charge is 0.305 e. The summed E-state index contributed by atoms with van der Waals surface area (Å²) in [5.41, 5.74) is 0. The summed E-state index contributed by atoms with van der Waals surface area (Å²) in [5, 5.41) is 23.2. The van der Waals surface area contributed by atoms with Gasteiger partial charge in [-0.25, -0.2) is 0 Å². The average molecular weight is 975 g/mol. The fourth-order valence-electron chi connectivity index (χ4n) is 9.99. The molecule has 69 heavy (non-hydrogen) atoms. The summed E-state index contributed by atoms with van der Waals surface area (Å²) < 4.78 is 5.47. The second kappa shape index (κ2) is 59.2. The maximum atomic E-state index is 12.4. The number of hydrogen-bond donors (Lipinski definition) is 3. The molecule has 0 saturated carbocycles. The largest absolute Gasteiger partial charge is 0.466 e. The van der Waals surface area contributed by atoms with Crippen molar-refractivity contribution in [2.24, 2.45) is 0 Å². The molecule has 0 aromatic heterocycles. The third-order valence-electron chi connectivity index (χ3n) is 14.8. The van der Waals surface area contributed by atoms with Gasteiger partial charge in [-0.1, -0.05) is 302 Å². The van der Waals surface area contributed by atoms with E-state index in [1.165, 1.54) is 283 Å². The number of carbonyl (C=O) groups excluding carboxylic acids is 2. The van der Waals surface area contributed by atoms with Gasteiger partial charge in [0, 0.05) is 12.8 Å². The number of aliphatic hydroxyl groups excluding tert-OH is 2. The molecule has 2 unspecified atom stereocenters. The van der Waals surface area contributed by atoms with Crippen molar-refractivity contribution >= 4 is 11.9 Å². The lowest BCUT2D eigenvalue weighted by Crippen LogP contribution is -2.45. The van der Waals surface area contributed by atoms with Crippen LogP contribution in [0.1, 0.15) is 354 Å².